The fourth-order valence-corrected chi connectivity index (χ4v) is 2.44. The van der Waals surface area contributed by atoms with Crippen LogP contribution in [0.2, 0.25) is 0 Å². The highest BCUT2D eigenvalue weighted by Crippen LogP contribution is 2.34. The molecule has 1 N–H and O–H groups in total. The van der Waals surface area contributed by atoms with E-state index in [-0.39, 0.29) is 5.82 Å². The first-order valence-electron chi connectivity index (χ1n) is 6.00. The van der Waals surface area contributed by atoms with Gasteiger partial charge in [0, 0.05) is 12.6 Å². The molecule has 0 bridgehead atoms. The lowest BCUT2D eigenvalue weighted by Gasteiger charge is -2.06. The van der Waals surface area contributed by atoms with Crippen molar-refractivity contribution in [1.29, 1.82) is 0 Å². The van der Waals surface area contributed by atoms with Crippen LogP contribution in [0, 0.1) is 5.82 Å². The number of halogens is 1. The second-order valence-electron chi connectivity index (χ2n) is 4.35. The summed E-state index contributed by atoms with van der Waals surface area (Å²) < 4.78 is 19.1. The number of hydrogen-bond acceptors (Lipinski definition) is 5. The Labute approximate surface area is 115 Å². The molecule has 0 aliphatic rings. The molecule has 0 saturated heterocycles. The first-order chi connectivity index (χ1) is 9.11. The maximum absolute atomic E-state index is 13.9. The summed E-state index contributed by atoms with van der Waals surface area (Å²) in [7, 11) is 1.51. The van der Waals surface area contributed by atoms with E-state index in [4.69, 9.17) is 4.74 Å². The minimum absolute atomic E-state index is 0.348. The van der Waals surface area contributed by atoms with Gasteiger partial charge in [-0.05, 0) is 12.1 Å². The first kappa shape index (κ1) is 13.9. The average molecular weight is 281 g/mol. The molecule has 0 radical (unpaired) electrons. The second kappa shape index (κ2) is 6.08. The van der Waals surface area contributed by atoms with Gasteiger partial charge in [-0.25, -0.2) is 4.39 Å². The van der Waals surface area contributed by atoms with Gasteiger partial charge < -0.3 is 10.1 Å². The Balaban J connectivity index is 2.28. The van der Waals surface area contributed by atoms with Gasteiger partial charge in [0.15, 0.2) is 5.01 Å². The Morgan fingerprint density at radius 1 is 1.37 bits per heavy atom. The maximum Gasteiger partial charge on any atom is 0.154 e. The smallest absolute Gasteiger partial charge is 0.154 e. The van der Waals surface area contributed by atoms with Crippen LogP contribution in [-0.2, 0) is 6.54 Å². The topological polar surface area (TPSA) is 47.0 Å². The second-order valence-corrected chi connectivity index (χ2v) is 5.42. The Hall–Kier alpha value is -1.53. The largest absolute Gasteiger partial charge is 0.496 e. The fourth-order valence-electron chi connectivity index (χ4n) is 1.60. The van der Waals surface area contributed by atoms with Gasteiger partial charge in [-0.1, -0.05) is 31.3 Å². The summed E-state index contributed by atoms with van der Waals surface area (Å²) in [6.45, 7) is 4.75. The number of benzene rings is 1. The van der Waals surface area contributed by atoms with Crippen LogP contribution in [0.5, 0.6) is 5.75 Å². The Kier molecular flexibility index (Phi) is 4.44. The number of nitrogens with zero attached hydrogens (tertiary/aromatic N) is 2. The predicted molar refractivity (Wildman–Crippen MR) is 73.8 cm³/mol. The van der Waals surface area contributed by atoms with Crippen LogP contribution in [0.3, 0.4) is 0 Å². The van der Waals surface area contributed by atoms with Gasteiger partial charge >= 0.3 is 0 Å². The van der Waals surface area contributed by atoms with E-state index in [9.17, 15) is 4.39 Å². The molecule has 0 saturated carbocycles. The van der Waals surface area contributed by atoms with Crippen molar-refractivity contribution in [2.45, 2.75) is 26.4 Å². The highest BCUT2D eigenvalue weighted by atomic mass is 32.1. The van der Waals surface area contributed by atoms with Crippen LogP contribution in [0.15, 0.2) is 18.2 Å². The molecule has 0 aliphatic heterocycles. The zero-order valence-corrected chi connectivity index (χ0v) is 11.9. The van der Waals surface area contributed by atoms with Gasteiger partial charge in [0.2, 0.25) is 0 Å². The normalized spacial score (nSPS) is 11.0. The number of methoxy groups -OCH3 is 1. The van der Waals surface area contributed by atoms with Crippen molar-refractivity contribution in [2.24, 2.45) is 0 Å². The third kappa shape index (κ3) is 3.27. The Morgan fingerprint density at radius 2 is 2.16 bits per heavy atom. The molecular formula is C13H16FN3OS. The fraction of sp³-hybridized carbons (Fsp3) is 0.385. The highest BCUT2D eigenvalue weighted by molar-refractivity contribution is 7.14. The molecule has 0 atom stereocenters. The van der Waals surface area contributed by atoms with E-state index in [1.165, 1.54) is 24.5 Å². The number of aromatic nitrogens is 2. The summed E-state index contributed by atoms with van der Waals surface area (Å²) in [5.74, 6) is 0.124. The first-order valence-corrected chi connectivity index (χ1v) is 6.82. The summed E-state index contributed by atoms with van der Waals surface area (Å²) in [5.41, 5.74) is 0.373. The average Bonchev–Trinajstić information content (AvgIpc) is 2.84. The maximum atomic E-state index is 13.9. The molecule has 0 unspecified atom stereocenters. The molecule has 1 aromatic carbocycles. The van der Waals surface area contributed by atoms with Gasteiger partial charge in [0.05, 0.1) is 12.7 Å². The monoisotopic (exact) mass is 281 g/mol. The zero-order valence-electron chi connectivity index (χ0n) is 11.1. The molecule has 1 heterocycles. The molecule has 4 nitrogen and oxygen atoms in total. The third-order valence-electron chi connectivity index (χ3n) is 2.54. The van der Waals surface area contributed by atoms with E-state index < -0.39 is 0 Å². The quantitative estimate of drug-likeness (QED) is 0.915. The van der Waals surface area contributed by atoms with Crippen molar-refractivity contribution in [3.8, 4) is 16.3 Å². The van der Waals surface area contributed by atoms with Crippen molar-refractivity contribution in [3.05, 3.63) is 29.0 Å². The zero-order chi connectivity index (χ0) is 13.8. The van der Waals surface area contributed by atoms with Crippen LogP contribution in [0.25, 0.3) is 10.6 Å². The number of rotatable bonds is 5. The molecule has 1 aromatic heterocycles. The van der Waals surface area contributed by atoms with E-state index in [2.05, 4.69) is 29.4 Å². The minimum atomic E-state index is -0.348. The summed E-state index contributed by atoms with van der Waals surface area (Å²) in [6, 6.07) is 5.09. The lowest BCUT2D eigenvalue weighted by atomic mass is 10.2. The van der Waals surface area contributed by atoms with Gasteiger partial charge in [-0.3, -0.25) is 0 Å². The van der Waals surface area contributed by atoms with E-state index in [0.717, 1.165) is 5.01 Å². The summed E-state index contributed by atoms with van der Waals surface area (Å²) in [6.07, 6.45) is 0. The van der Waals surface area contributed by atoms with Gasteiger partial charge in [-0.15, -0.1) is 10.2 Å². The van der Waals surface area contributed by atoms with Crippen molar-refractivity contribution in [1.82, 2.24) is 15.5 Å². The molecule has 2 aromatic rings. The van der Waals surface area contributed by atoms with E-state index in [0.29, 0.717) is 28.9 Å². The lowest BCUT2D eigenvalue weighted by molar-refractivity contribution is 0.413. The van der Waals surface area contributed by atoms with Gasteiger partial charge in [-0.2, -0.15) is 0 Å². The lowest BCUT2D eigenvalue weighted by Crippen LogP contribution is -2.21. The third-order valence-corrected chi connectivity index (χ3v) is 3.48. The van der Waals surface area contributed by atoms with Crippen molar-refractivity contribution in [3.63, 3.8) is 0 Å². The van der Waals surface area contributed by atoms with Crippen molar-refractivity contribution < 1.29 is 9.13 Å². The van der Waals surface area contributed by atoms with Crippen LogP contribution in [0.4, 0.5) is 4.39 Å². The summed E-state index contributed by atoms with van der Waals surface area (Å²) >= 11 is 1.37. The molecule has 0 amide bonds. The van der Waals surface area contributed by atoms with E-state index in [1.54, 1.807) is 12.1 Å². The van der Waals surface area contributed by atoms with Crippen LogP contribution < -0.4 is 10.1 Å². The Morgan fingerprint density at radius 3 is 2.84 bits per heavy atom. The van der Waals surface area contributed by atoms with Crippen LogP contribution in [-0.4, -0.2) is 23.3 Å². The van der Waals surface area contributed by atoms with Gasteiger partial charge in [0.1, 0.15) is 16.6 Å². The molecule has 0 fully saturated rings. The van der Waals surface area contributed by atoms with Crippen molar-refractivity contribution >= 4 is 11.3 Å². The number of ether oxygens (including phenoxy) is 1. The van der Waals surface area contributed by atoms with Gasteiger partial charge in [0.25, 0.3) is 0 Å². The summed E-state index contributed by atoms with van der Waals surface area (Å²) in [5, 5.41) is 12.7. The molecule has 102 valence electrons. The summed E-state index contributed by atoms with van der Waals surface area (Å²) in [4.78, 5) is 0. The molecule has 0 spiro atoms. The van der Waals surface area contributed by atoms with Crippen molar-refractivity contribution in [2.75, 3.05) is 7.11 Å². The SMILES string of the molecule is COc1cccc(F)c1-c1nnc(CNC(C)C)s1. The highest BCUT2D eigenvalue weighted by Gasteiger charge is 2.16. The number of nitrogens with one attached hydrogen (secondary N) is 1. The van der Waals surface area contributed by atoms with Crippen LogP contribution >= 0.6 is 11.3 Å². The molecule has 6 heteroatoms. The molecule has 19 heavy (non-hydrogen) atoms. The van der Waals surface area contributed by atoms with E-state index >= 15 is 0 Å². The molecule has 2 rings (SSSR count). The van der Waals surface area contributed by atoms with Crippen LogP contribution in [0.1, 0.15) is 18.9 Å². The standard InChI is InChI=1S/C13H16FN3OS/c1-8(2)15-7-11-16-17-13(19-11)12-9(14)5-4-6-10(12)18-3/h4-6,8,15H,7H2,1-3H3. The minimum Gasteiger partial charge on any atom is -0.496 e. The number of hydrogen-bond donors (Lipinski definition) is 1. The molecular weight excluding hydrogens is 265 g/mol. The predicted octanol–water partition coefficient (Wildman–Crippen LogP) is 2.85. The Bertz CT molecular complexity index is 557. The molecule has 0 aliphatic carbocycles. The van der Waals surface area contributed by atoms with E-state index in [1.807, 2.05) is 0 Å².